The molecule has 1 saturated heterocycles. The van der Waals surface area contributed by atoms with Gasteiger partial charge in [0.2, 0.25) is 0 Å². The van der Waals surface area contributed by atoms with Crippen molar-refractivity contribution in [3.8, 4) is 11.1 Å². The fourth-order valence-electron chi connectivity index (χ4n) is 4.78. The van der Waals surface area contributed by atoms with Crippen molar-refractivity contribution < 1.29 is 15.0 Å². The molecule has 5 rings (SSSR count). The van der Waals surface area contributed by atoms with E-state index in [2.05, 4.69) is 47.8 Å². The van der Waals surface area contributed by atoms with E-state index in [0.29, 0.717) is 24.7 Å². The molecule has 1 saturated carbocycles. The van der Waals surface area contributed by atoms with Gasteiger partial charge in [-0.05, 0) is 59.1 Å². The molecule has 2 aliphatic heterocycles. The lowest BCUT2D eigenvalue weighted by Gasteiger charge is -2.20. The number of aliphatic hydroxyl groups excluding tert-OH is 2. The van der Waals surface area contributed by atoms with Crippen molar-refractivity contribution in [2.24, 2.45) is 0 Å². The molecule has 31 heavy (non-hydrogen) atoms. The third kappa shape index (κ3) is 4.12. The summed E-state index contributed by atoms with van der Waals surface area (Å²) in [6.07, 6.45) is 3.41. The summed E-state index contributed by atoms with van der Waals surface area (Å²) >= 11 is 1.44. The summed E-state index contributed by atoms with van der Waals surface area (Å²) in [4.78, 5) is 14.7. The monoisotopic (exact) mass is 436 g/mol. The third-order valence-electron chi connectivity index (χ3n) is 6.58. The molecule has 6 heteroatoms. The van der Waals surface area contributed by atoms with E-state index in [9.17, 15) is 15.0 Å². The molecule has 1 amide bonds. The van der Waals surface area contributed by atoms with Gasteiger partial charge >= 0.3 is 0 Å². The van der Waals surface area contributed by atoms with Crippen LogP contribution in [-0.4, -0.2) is 46.1 Å². The molecule has 2 fully saturated rings. The van der Waals surface area contributed by atoms with Crippen molar-refractivity contribution in [2.75, 3.05) is 19.7 Å². The number of nitrogens with zero attached hydrogens (tertiary/aromatic N) is 1. The van der Waals surface area contributed by atoms with E-state index in [1.54, 1.807) is 0 Å². The zero-order valence-corrected chi connectivity index (χ0v) is 18.3. The van der Waals surface area contributed by atoms with Gasteiger partial charge in [0, 0.05) is 24.4 Å². The van der Waals surface area contributed by atoms with Crippen LogP contribution in [0.2, 0.25) is 0 Å². The molecule has 1 aliphatic carbocycles. The van der Waals surface area contributed by atoms with Crippen LogP contribution >= 0.6 is 11.8 Å². The fraction of sp³-hybridized carbons (Fsp3) is 0.400. The van der Waals surface area contributed by atoms with Crippen LogP contribution in [0.4, 0.5) is 0 Å². The molecule has 2 atom stereocenters. The number of amides is 1. The molecule has 0 aromatic heterocycles. The minimum atomic E-state index is -0.135. The van der Waals surface area contributed by atoms with Crippen molar-refractivity contribution in [3.05, 3.63) is 70.3 Å². The Hall–Kier alpha value is -2.28. The van der Waals surface area contributed by atoms with Crippen molar-refractivity contribution in [1.29, 1.82) is 0 Å². The molecule has 5 nitrogen and oxygen atoms in total. The number of benzene rings is 2. The Kier molecular flexibility index (Phi) is 5.78. The lowest BCUT2D eigenvalue weighted by molar-refractivity contribution is -0.126. The molecule has 2 aromatic carbocycles. The Morgan fingerprint density at radius 3 is 2.65 bits per heavy atom. The van der Waals surface area contributed by atoms with Gasteiger partial charge in [-0.2, -0.15) is 0 Å². The lowest BCUT2D eigenvalue weighted by atomic mass is 9.89. The Balaban J connectivity index is 1.34. The first kappa shape index (κ1) is 20.6. The lowest BCUT2D eigenvalue weighted by Crippen LogP contribution is -2.36. The maximum atomic E-state index is 12.8. The Morgan fingerprint density at radius 1 is 1.06 bits per heavy atom. The smallest absolute Gasteiger partial charge is 0.270 e. The summed E-state index contributed by atoms with van der Waals surface area (Å²) in [5.41, 5.74) is 6.50. The highest BCUT2D eigenvalue weighted by Crippen LogP contribution is 2.44. The van der Waals surface area contributed by atoms with Gasteiger partial charge in [-0.15, -0.1) is 11.8 Å². The highest BCUT2D eigenvalue weighted by atomic mass is 32.2. The Labute approximate surface area is 187 Å². The summed E-state index contributed by atoms with van der Waals surface area (Å²) in [6.45, 7) is 1.35. The number of rotatable bonds is 6. The number of aliphatic hydroxyl groups is 2. The molecule has 0 bridgehead atoms. The minimum absolute atomic E-state index is 0.000738. The van der Waals surface area contributed by atoms with Crippen LogP contribution in [0.3, 0.4) is 0 Å². The van der Waals surface area contributed by atoms with E-state index in [4.69, 9.17) is 0 Å². The van der Waals surface area contributed by atoms with Crippen LogP contribution in [0.25, 0.3) is 11.1 Å². The number of likely N-dealkylation sites (tertiary alicyclic amines) is 1. The van der Waals surface area contributed by atoms with Gasteiger partial charge in [-0.25, -0.2) is 0 Å². The van der Waals surface area contributed by atoms with Crippen LogP contribution in [0.1, 0.15) is 47.8 Å². The van der Waals surface area contributed by atoms with Crippen molar-refractivity contribution in [2.45, 2.75) is 43.1 Å². The van der Waals surface area contributed by atoms with Crippen LogP contribution in [0.5, 0.6) is 0 Å². The van der Waals surface area contributed by atoms with E-state index in [1.807, 2.05) is 10.3 Å². The molecular weight excluding hydrogens is 408 g/mol. The summed E-state index contributed by atoms with van der Waals surface area (Å²) < 4.78 is 0. The number of carbonyl (C=O) groups is 1. The van der Waals surface area contributed by atoms with Crippen LogP contribution in [0, 0.1) is 0 Å². The quantitative estimate of drug-likeness (QED) is 0.646. The number of nitrogens with one attached hydrogen (secondary N) is 1. The molecule has 3 N–H and O–H groups in total. The standard InChI is InChI=1S/C25H28N2O3S/c28-13-19-11-17(22-4-2-1-3-21(22)16-5-6-16)7-8-20(19)18-9-10-27(12-18)25(30)23-15-31-24(14-29)26-23/h1-4,7-8,11,15-16,18,24,26,28-29H,5-6,9-10,12-14H2. The van der Waals surface area contributed by atoms with E-state index in [-0.39, 0.29) is 30.4 Å². The Bertz CT molecular complexity index is 1020. The number of thioether (sulfide) groups is 1. The van der Waals surface area contributed by atoms with Gasteiger partial charge in [-0.1, -0.05) is 36.4 Å². The van der Waals surface area contributed by atoms with Crippen molar-refractivity contribution in [3.63, 3.8) is 0 Å². The summed E-state index contributed by atoms with van der Waals surface area (Å²) in [7, 11) is 0. The van der Waals surface area contributed by atoms with Crippen LogP contribution < -0.4 is 5.32 Å². The van der Waals surface area contributed by atoms with Gasteiger partial charge in [0.25, 0.3) is 5.91 Å². The topological polar surface area (TPSA) is 72.8 Å². The second-order valence-electron chi connectivity index (χ2n) is 8.65. The molecule has 162 valence electrons. The van der Waals surface area contributed by atoms with Gasteiger partial charge in [0.15, 0.2) is 0 Å². The SMILES string of the molecule is O=C(C1=CSC(CO)N1)N1CCC(c2ccc(-c3ccccc3C3CC3)cc2CO)C1. The van der Waals surface area contributed by atoms with Gasteiger partial charge in [0.05, 0.1) is 18.6 Å². The first-order chi connectivity index (χ1) is 15.2. The molecule has 2 heterocycles. The second-order valence-corrected chi connectivity index (χ2v) is 9.73. The van der Waals surface area contributed by atoms with E-state index in [0.717, 1.165) is 23.1 Å². The third-order valence-corrected chi connectivity index (χ3v) is 7.55. The predicted octanol–water partition coefficient (Wildman–Crippen LogP) is 3.54. The molecule has 3 aliphatic rings. The highest BCUT2D eigenvalue weighted by Gasteiger charge is 2.32. The summed E-state index contributed by atoms with van der Waals surface area (Å²) in [5, 5.41) is 24.1. The van der Waals surface area contributed by atoms with Crippen LogP contribution in [-0.2, 0) is 11.4 Å². The average Bonchev–Trinajstić information content (AvgIpc) is 3.34. The Morgan fingerprint density at radius 2 is 1.90 bits per heavy atom. The first-order valence-electron chi connectivity index (χ1n) is 11.0. The second kappa shape index (κ2) is 8.69. The maximum Gasteiger partial charge on any atom is 0.270 e. The summed E-state index contributed by atoms with van der Waals surface area (Å²) in [6, 6.07) is 15.0. The van der Waals surface area contributed by atoms with Crippen molar-refractivity contribution in [1.82, 2.24) is 10.2 Å². The van der Waals surface area contributed by atoms with E-state index < -0.39 is 0 Å². The van der Waals surface area contributed by atoms with Gasteiger partial charge in [-0.3, -0.25) is 4.79 Å². The number of hydrogen-bond acceptors (Lipinski definition) is 5. The normalized spacial score (nSPS) is 23.0. The van der Waals surface area contributed by atoms with Crippen molar-refractivity contribution >= 4 is 17.7 Å². The molecular formula is C25H28N2O3S. The molecule has 0 radical (unpaired) electrons. The fourth-order valence-corrected chi connectivity index (χ4v) is 5.53. The minimum Gasteiger partial charge on any atom is -0.393 e. The maximum absolute atomic E-state index is 12.8. The van der Waals surface area contributed by atoms with Gasteiger partial charge < -0.3 is 20.4 Å². The van der Waals surface area contributed by atoms with Gasteiger partial charge in [0.1, 0.15) is 5.70 Å². The zero-order chi connectivity index (χ0) is 21.4. The molecule has 2 aromatic rings. The average molecular weight is 437 g/mol. The first-order valence-corrected chi connectivity index (χ1v) is 12.0. The zero-order valence-electron chi connectivity index (χ0n) is 17.5. The molecule has 2 unspecified atom stereocenters. The number of carbonyl (C=O) groups excluding carboxylic acids is 1. The number of hydrogen-bond donors (Lipinski definition) is 3. The highest BCUT2D eigenvalue weighted by molar-refractivity contribution is 8.03. The van der Waals surface area contributed by atoms with E-state index >= 15 is 0 Å². The predicted molar refractivity (Wildman–Crippen MR) is 123 cm³/mol. The van der Waals surface area contributed by atoms with E-state index in [1.165, 1.54) is 35.7 Å². The summed E-state index contributed by atoms with van der Waals surface area (Å²) in [5.74, 6) is 0.888. The van der Waals surface area contributed by atoms with Crippen LogP contribution in [0.15, 0.2) is 53.6 Å². The largest absolute Gasteiger partial charge is 0.393 e. The molecule has 0 spiro atoms.